The van der Waals surface area contributed by atoms with E-state index in [4.69, 9.17) is 4.52 Å². The van der Waals surface area contributed by atoms with Gasteiger partial charge >= 0.3 is 0 Å². The highest BCUT2D eigenvalue weighted by Crippen LogP contribution is 2.29. The normalized spacial score (nSPS) is 14.5. The molecule has 8 nitrogen and oxygen atoms in total. The molecule has 1 aliphatic heterocycles. The second-order valence-electron chi connectivity index (χ2n) is 7.22. The molecule has 3 heterocycles. The average molecular weight is 405 g/mol. The fourth-order valence-corrected chi connectivity index (χ4v) is 3.48. The van der Waals surface area contributed by atoms with Crippen LogP contribution in [0.2, 0.25) is 0 Å². The number of likely N-dealkylation sites (tertiary alicyclic amines) is 1. The van der Waals surface area contributed by atoms with Gasteiger partial charge in [-0.3, -0.25) is 14.6 Å². The van der Waals surface area contributed by atoms with E-state index in [9.17, 15) is 9.59 Å². The number of amides is 2. The predicted octanol–water partition coefficient (Wildman–Crippen LogP) is 3.50. The highest BCUT2D eigenvalue weighted by Gasteiger charge is 2.28. The van der Waals surface area contributed by atoms with Crippen LogP contribution < -0.4 is 5.32 Å². The average Bonchev–Trinajstić information content (AvgIpc) is 3.30. The zero-order valence-electron chi connectivity index (χ0n) is 16.7. The van der Waals surface area contributed by atoms with E-state index < -0.39 is 0 Å². The Kier molecular flexibility index (Phi) is 5.83. The molecule has 2 amide bonds. The van der Waals surface area contributed by atoms with E-state index >= 15 is 0 Å². The molecule has 0 unspecified atom stereocenters. The fraction of sp³-hybridized carbons (Fsp3) is 0.318. The van der Waals surface area contributed by atoms with Crippen LogP contribution in [0.4, 0.5) is 5.69 Å². The van der Waals surface area contributed by atoms with Gasteiger partial charge in [0.25, 0.3) is 5.91 Å². The third-order valence-corrected chi connectivity index (χ3v) is 5.18. The van der Waals surface area contributed by atoms with Crippen molar-refractivity contribution in [3.63, 3.8) is 0 Å². The van der Waals surface area contributed by atoms with E-state index in [1.807, 2.05) is 35.2 Å². The number of rotatable bonds is 5. The van der Waals surface area contributed by atoms with Gasteiger partial charge < -0.3 is 14.7 Å². The van der Waals surface area contributed by atoms with Crippen molar-refractivity contribution in [2.24, 2.45) is 0 Å². The number of nitrogens with zero attached hydrogens (tertiary/aromatic N) is 4. The smallest absolute Gasteiger partial charge is 0.272 e. The minimum absolute atomic E-state index is 0.0482. The molecule has 30 heavy (non-hydrogen) atoms. The van der Waals surface area contributed by atoms with Crippen molar-refractivity contribution in [3.8, 4) is 11.4 Å². The zero-order chi connectivity index (χ0) is 20.9. The highest BCUT2D eigenvalue weighted by molar-refractivity contribution is 5.92. The van der Waals surface area contributed by atoms with Crippen LogP contribution in [0.15, 0.2) is 53.2 Å². The van der Waals surface area contributed by atoms with Crippen molar-refractivity contribution < 1.29 is 14.1 Å². The molecule has 154 valence electrons. The van der Waals surface area contributed by atoms with Gasteiger partial charge in [0.1, 0.15) is 5.69 Å². The molecule has 3 aromatic rings. The predicted molar refractivity (Wildman–Crippen MR) is 111 cm³/mol. The summed E-state index contributed by atoms with van der Waals surface area (Å²) in [7, 11) is 0. The van der Waals surface area contributed by atoms with E-state index in [2.05, 4.69) is 20.4 Å². The van der Waals surface area contributed by atoms with E-state index in [0.717, 1.165) is 18.4 Å². The zero-order valence-corrected chi connectivity index (χ0v) is 16.7. The lowest BCUT2D eigenvalue weighted by atomic mass is 9.96. The molecule has 0 atom stereocenters. The lowest BCUT2D eigenvalue weighted by molar-refractivity contribution is -0.115. The van der Waals surface area contributed by atoms with Gasteiger partial charge in [0.05, 0.1) is 0 Å². The van der Waals surface area contributed by atoms with Crippen LogP contribution in [0.3, 0.4) is 0 Å². The molecule has 1 N–H and O–H groups in total. The summed E-state index contributed by atoms with van der Waals surface area (Å²) in [5.74, 6) is 1.09. The standard InChI is InChI=1S/C22H23N5O3/c1-2-19(28)24-17-7-5-6-16(14-17)20-25-21(30-26-20)15-9-12-27(13-10-15)22(29)18-8-3-4-11-23-18/h3-8,11,14-15H,2,9-10,12-13H2,1H3,(H,24,28). The lowest BCUT2D eigenvalue weighted by Crippen LogP contribution is -2.38. The number of piperidine rings is 1. The van der Waals surface area contributed by atoms with Crippen molar-refractivity contribution in [2.75, 3.05) is 18.4 Å². The molecule has 0 aliphatic carbocycles. The van der Waals surface area contributed by atoms with Crippen molar-refractivity contribution in [2.45, 2.75) is 32.1 Å². The molecule has 1 saturated heterocycles. The molecule has 1 aromatic carbocycles. The summed E-state index contributed by atoms with van der Waals surface area (Å²) in [6, 6.07) is 12.7. The third-order valence-electron chi connectivity index (χ3n) is 5.18. The Morgan fingerprint density at radius 3 is 2.73 bits per heavy atom. The second-order valence-corrected chi connectivity index (χ2v) is 7.22. The first-order chi connectivity index (χ1) is 14.6. The van der Waals surface area contributed by atoms with Crippen LogP contribution in [-0.4, -0.2) is 44.9 Å². The number of pyridine rings is 1. The SMILES string of the molecule is CCC(=O)Nc1cccc(-c2noc(C3CCN(C(=O)c4ccccn4)CC3)n2)c1. The quantitative estimate of drug-likeness (QED) is 0.697. The Morgan fingerprint density at radius 1 is 1.17 bits per heavy atom. The van der Waals surface area contributed by atoms with Crippen LogP contribution in [0.1, 0.15) is 48.5 Å². The Labute approximate surface area is 174 Å². The Balaban J connectivity index is 1.40. The molecule has 0 bridgehead atoms. The largest absolute Gasteiger partial charge is 0.339 e. The van der Waals surface area contributed by atoms with Gasteiger partial charge in [0, 0.05) is 42.9 Å². The number of carbonyl (C=O) groups is 2. The number of hydrogen-bond acceptors (Lipinski definition) is 6. The molecule has 0 radical (unpaired) electrons. The molecule has 4 rings (SSSR count). The minimum atomic E-state index is -0.0498. The van der Waals surface area contributed by atoms with E-state index in [1.165, 1.54) is 0 Å². The number of hydrogen-bond donors (Lipinski definition) is 1. The minimum Gasteiger partial charge on any atom is -0.339 e. The van der Waals surface area contributed by atoms with Crippen molar-refractivity contribution in [1.82, 2.24) is 20.0 Å². The number of anilines is 1. The summed E-state index contributed by atoms with van der Waals surface area (Å²) in [5.41, 5.74) is 1.94. The topological polar surface area (TPSA) is 101 Å². The molecule has 2 aromatic heterocycles. The van der Waals surface area contributed by atoms with E-state index in [0.29, 0.717) is 42.6 Å². The molecule has 1 fully saturated rings. The van der Waals surface area contributed by atoms with E-state index in [-0.39, 0.29) is 17.7 Å². The van der Waals surface area contributed by atoms with Crippen molar-refractivity contribution in [1.29, 1.82) is 0 Å². The molecular formula is C22H23N5O3. The van der Waals surface area contributed by atoms with Gasteiger partial charge in [0.15, 0.2) is 0 Å². The van der Waals surface area contributed by atoms with E-state index in [1.54, 1.807) is 25.3 Å². The molecule has 0 spiro atoms. The maximum atomic E-state index is 12.5. The first-order valence-corrected chi connectivity index (χ1v) is 10.1. The maximum absolute atomic E-state index is 12.5. The number of nitrogens with one attached hydrogen (secondary N) is 1. The molecule has 8 heteroatoms. The lowest BCUT2D eigenvalue weighted by Gasteiger charge is -2.30. The van der Waals surface area contributed by atoms with Crippen molar-refractivity contribution in [3.05, 3.63) is 60.2 Å². The first-order valence-electron chi connectivity index (χ1n) is 10.1. The highest BCUT2D eigenvalue weighted by atomic mass is 16.5. The third kappa shape index (κ3) is 4.37. The monoisotopic (exact) mass is 405 g/mol. The molecule has 1 aliphatic rings. The van der Waals surface area contributed by atoms with Gasteiger partial charge in [-0.25, -0.2) is 0 Å². The number of carbonyl (C=O) groups excluding carboxylic acids is 2. The summed E-state index contributed by atoms with van der Waals surface area (Å²) >= 11 is 0. The van der Waals surface area contributed by atoms with Crippen LogP contribution in [0.5, 0.6) is 0 Å². The van der Waals surface area contributed by atoms with Crippen molar-refractivity contribution >= 4 is 17.5 Å². The summed E-state index contributed by atoms with van der Waals surface area (Å²) < 4.78 is 5.52. The number of aromatic nitrogens is 3. The summed E-state index contributed by atoms with van der Waals surface area (Å²) in [6.07, 6.45) is 3.56. The Bertz CT molecular complexity index is 1030. The Morgan fingerprint density at radius 2 is 2.00 bits per heavy atom. The van der Waals surface area contributed by atoms with Crippen LogP contribution in [0, 0.1) is 0 Å². The van der Waals surface area contributed by atoms with Gasteiger partial charge in [-0.1, -0.05) is 30.3 Å². The number of benzene rings is 1. The van der Waals surface area contributed by atoms with Crippen LogP contribution in [0.25, 0.3) is 11.4 Å². The fourth-order valence-electron chi connectivity index (χ4n) is 3.48. The summed E-state index contributed by atoms with van der Waals surface area (Å²) in [5, 5.41) is 6.95. The van der Waals surface area contributed by atoms with Crippen LogP contribution in [-0.2, 0) is 4.79 Å². The van der Waals surface area contributed by atoms with Gasteiger partial charge in [-0.2, -0.15) is 4.98 Å². The van der Waals surface area contributed by atoms with Gasteiger partial charge in [0.2, 0.25) is 17.6 Å². The van der Waals surface area contributed by atoms with Gasteiger partial charge in [-0.05, 0) is 37.1 Å². The van der Waals surface area contributed by atoms with Crippen LogP contribution >= 0.6 is 0 Å². The Hall–Kier alpha value is -3.55. The molecule has 0 saturated carbocycles. The first kappa shape index (κ1) is 19.8. The summed E-state index contributed by atoms with van der Waals surface area (Å²) in [4.78, 5) is 34.7. The second kappa shape index (κ2) is 8.86. The summed E-state index contributed by atoms with van der Waals surface area (Å²) in [6.45, 7) is 3.05. The molecular weight excluding hydrogens is 382 g/mol. The maximum Gasteiger partial charge on any atom is 0.272 e. The van der Waals surface area contributed by atoms with Gasteiger partial charge in [-0.15, -0.1) is 0 Å².